The maximum absolute atomic E-state index is 13.3. The van der Waals surface area contributed by atoms with Crippen molar-refractivity contribution in [2.24, 2.45) is 0 Å². The van der Waals surface area contributed by atoms with Crippen molar-refractivity contribution in [1.29, 1.82) is 5.26 Å². The van der Waals surface area contributed by atoms with Gasteiger partial charge in [-0.2, -0.15) is 5.26 Å². The fourth-order valence-corrected chi connectivity index (χ4v) is 1.22. The Balaban J connectivity index is 2.84. The van der Waals surface area contributed by atoms with Gasteiger partial charge in [0.2, 0.25) is 5.91 Å². The van der Waals surface area contributed by atoms with E-state index in [2.05, 4.69) is 0 Å². The highest BCUT2D eigenvalue weighted by molar-refractivity contribution is 5.92. The number of hydrogen-bond donors (Lipinski definition) is 0. The number of anilines is 1. The quantitative estimate of drug-likeness (QED) is 0.790. The number of nitriles is 1. The number of carbonyl (C=O) groups is 1. The third kappa shape index (κ3) is 2.76. The van der Waals surface area contributed by atoms with Crippen LogP contribution in [0.5, 0.6) is 0 Å². The van der Waals surface area contributed by atoms with E-state index >= 15 is 0 Å². The Morgan fingerprint density at radius 2 is 2.19 bits per heavy atom. The number of hydrogen-bond acceptors (Lipinski definition) is 2. The average molecular weight is 224 g/mol. The van der Waals surface area contributed by atoms with E-state index < -0.39 is 11.6 Å². The van der Waals surface area contributed by atoms with Gasteiger partial charge < -0.3 is 4.90 Å². The number of rotatable bonds is 3. The molecule has 0 aromatic heterocycles. The average Bonchev–Trinajstić information content (AvgIpc) is 2.25. The first-order valence-electron chi connectivity index (χ1n) is 4.65. The van der Waals surface area contributed by atoms with Gasteiger partial charge in [0.1, 0.15) is 11.6 Å². The molecule has 16 heavy (non-hydrogen) atoms. The third-order valence-corrected chi connectivity index (χ3v) is 2.10. The summed E-state index contributed by atoms with van der Waals surface area (Å²) in [5.41, 5.74) is 0.00402. The van der Waals surface area contributed by atoms with E-state index in [-0.39, 0.29) is 24.4 Å². The lowest BCUT2D eigenvalue weighted by molar-refractivity contribution is -0.118. The molecule has 0 N–H and O–H groups in total. The minimum Gasteiger partial charge on any atom is -0.313 e. The summed E-state index contributed by atoms with van der Waals surface area (Å²) >= 11 is 0. The molecule has 0 unspecified atom stereocenters. The molecule has 0 atom stereocenters. The lowest BCUT2D eigenvalue weighted by atomic mass is 10.2. The molecule has 0 fully saturated rings. The van der Waals surface area contributed by atoms with E-state index in [1.54, 1.807) is 0 Å². The van der Waals surface area contributed by atoms with Crippen molar-refractivity contribution in [2.45, 2.75) is 12.8 Å². The fraction of sp³-hybridized carbons (Fsp3) is 0.273. The first-order chi connectivity index (χ1) is 7.56. The highest BCUT2D eigenvalue weighted by Crippen LogP contribution is 2.19. The van der Waals surface area contributed by atoms with Crippen LogP contribution in [0.2, 0.25) is 0 Å². The minimum absolute atomic E-state index is 0.00402. The Bertz CT molecular complexity index is 440. The van der Waals surface area contributed by atoms with Crippen molar-refractivity contribution in [3.63, 3.8) is 0 Å². The summed E-state index contributed by atoms with van der Waals surface area (Å²) in [5, 5.41) is 8.31. The van der Waals surface area contributed by atoms with Gasteiger partial charge in [-0.05, 0) is 12.1 Å². The summed E-state index contributed by atoms with van der Waals surface area (Å²) in [6.45, 7) is 0. The topological polar surface area (TPSA) is 44.1 Å². The molecule has 84 valence electrons. The SMILES string of the molecule is CN(C(=O)CCC#N)c1ccc(F)cc1F. The first-order valence-corrected chi connectivity index (χ1v) is 4.65. The summed E-state index contributed by atoms with van der Waals surface area (Å²) in [6, 6.07) is 4.80. The van der Waals surface area contributed by atoms with Gasteiger partial charge in [0.15, 0.2) is 0 Å². The van der Waals surface area contributed by atoms with Crippen molar-refractivity contribution < 1.29 is 13.6 Å². The lowest BCUT2D eigenvalue weighted by Gasteiger charge is -2.17. The predicted octanol–water partition coefficient (Wildman–Crippen LogP) is 2.23. The summed E-state index contributed by atoms with van der Waals surface area (Å²) in [7, 11) is 1.38. The zero-order valence-electron chi connectivity index (χ0n) is 8.70. The fourth-order valence-electron chi connectivity index (χ4n) is 1.22. The molecule has 0 aliphatic carbocycles. The van der Waals surface area contributed by atoms with Crippen molar-refractivity contribution in [3.8, 4) is 6.07 Å². The molecule has 1 aromatic carbocycles. The molecule has 0 radical (unpaired) electrons. The van der Waals surface area contributed by atoms with Crippen molar-refractivity contribution >= 4 is 11.6 Å². The van der Waals surface area contributed by atoms with E-state index in [9.17, 15) is 13.6 Å². The highest BCUT2D eigenvalue weighted by Gasteiger charge is 2.14. The Morgan fingerprint density at radius 1 is 1.50 bits per heavy atom. The summed E-state index contributed by atoms with van der Waals surface area (Å²) in [4.78, 5) is 12.5. The van der Waals surface area contributed by atoms with Gasteiger partial charge in [0, 0.05) is 26.0 Å². The molecule has 5 heteroatoms. The Hall–Kier alpha value is -1.96. The van der Waals surface area contributed by atoms with Crippen LogP contribution in [0, 0.1) is 23.0 Å². The predicted molar refractivity (Wildman–Crippen MR) is 54.6 cm³/mol. The van der Waals surface area contributed by atoms with Crippen LogP contribution in [0.3, 0.4) is 0 Å². The van der Waals surface area contributed by atoms with Crippen molar-refractivity contribution in [2.75, 3.05) is 11.9 Å². The van der Waals surface area contributed by atoms with Gasteiger partial charge in [-0.3, -0.25) is 4.79 Å². The molecule has 0 aliphatic rings. The van der Waals surface area contributed by atoms with Crippen LogP contribution in [0.1, 0.15) is 12.8 Å². The number of benzene rings is 1. The lowest BCUT2D eigenvalue weighted by Crippen LogP contribution is -2.26. The Labute approximate surface area is 91.9 Å². The molecule has 1 aromatic rings. The molecule has 1 amide bonds. The third-order valence-electron chi connectivity index (χ3n) is 2.10. The minimum atomic E-state index is -0.798. The molecule has 0 saturated heterocycles. The van der Waals surface area contributed by atoms with Crippen LogP contribution in [-0.2, 0) is 4.79 Å². The maximum atomic E-state index is 13.3. The number of halogens is 2. The van der Waals surface area contributed by atoms with Crippen LogP contribution >= 0.6 is 0 Å². The molecule has 0 heterocycles. The van der Waals surface area contributed by atoms with Gasteiger partial charge in [0.05, 0.1) is 11.8 Å². The Kier molecular flexibility index (Phi) is 3.95. The number of nitrogens with zero attached hydrogens (tertiary/aromatic N) is 2. The van der Waals surface area contributed by atoms with E-state index in [4.69, 9.17) is 5.26 Å². The monoisotopic (exact) mass is 224 g/mol. The number of amides is 1. The molecular weight excluding hydrogens is 214 g/mol. The standard InChI is InChI=1S/C11H10F2N2O/c1-15(11(16)3-2-6-14)10-5-4-8(12)7-9(10)13/h4-5,7H,2-3H2,1H3. The Morgan fingerprint density at radius 3 is 2.75 bits per heavy atom. The first kappa shape index (κ1) is 12.1. The molecule has 0 spiro atoms. The van der Waals surface area contributed by atoms with Gasteiger partial charge in [-0.25, -0.2) is 8.78 Å². The molecule has 0 saturated carbocycles. The smallest absolute Gasteiger partial charge is 0.227 e. The van der Waals surface area contributed by atoms with Crippen LogP contribution in [0.15, 0.2) is 18.2 Å². The summed E-state index contributed by atoms with van der Waals surface area (Å²) in [6.07, 6.45) is 0.0931. The maximum Gasteiger partial charge on any atom is 0.227 e. The van der Waals surface area contributed by atoms with Crippen molar-refractivity contribution in [1.82, 2.24) is 0 Å². The van der Waals surface area contributed by atoms with Crippen LogP contribution in [0.4, 0.5) is 14.5 Å². The normalized spacial score (nSPS) is 9.62. The van der Waals surface area contributed by atoms with Gasteiger partial charge in [0.25, 0.3) is 0 Å². The van der Waals surface area contributed by atoms with Crippen LogP contribution in [-0.4, -0.2) is 13.0 Å². The van der Waals surface area contributed by atoms with E-state index in [1.165, 1.54) is 13.1 Å². The van der Waals surface area contributed by atoms with E-state index in [0.29, 0.717) is 6.07 Å². The number of carbonyl (C=O) groups excluding carboxylic acids is 1. The molecule has 1 rings (SSSR count). The van der Waals surface area contributed by atoms with Crippen LogP contribution < -0.4 is 4.90 Å². The van der Waals surface area contributed by atoms with Crippen molar-refractivity contribution in [3.05, 3.63) is 29.8 Å². The largest absolute Gasteiger partial charge is 0.313 e. The van der Waals surface area contributed by atoms with Gasteiger partial charge >= 0.3 is 0 Å². The molecular formula is C11H10F2N2O. The highest BCUT2D eigenvalue weighted by atomic mass is 19.1. The zero-order valence-corrected chi connectivity index (χ0v) is 8.70. The summed E-state index contributed by atoms with van der Waals surface area (Å²) < 4.78 is 25.9. The molecule has 0 aliphatic heterocycles. The molecule has 3 nitrogen and oxygen atoms in total. The second-order valence-corrected chi connectivity index (χ2v) is 3.21. The second-order valence-electron chi connectivity index (χ2n) is 3.21. The second kappa shape index (κ2) is 5.21. The molecule has 0 bridgehead atoms. The van der Waals surface area contributed by atoms with Gasteiger partial charge in [-0.1, -0.05) is 0 Å². The summed E-state index contributed by atoms with van der Waals surface area (Å²) in [5.74, 6) is -1.88. The van der Waals surface area contributed by atoms with Gasteiger partial charge in [-0.15, -0.1) is 0 Å². The van der Waals surface area contributed by atoms with E-state index in [0.717, 1.165) is 11.0 Å². The van der Waals surface area contributed by atoms with Crippen LogP contribution in [0.25, 0.3) is 0 Å². The van der Waals surface area contributed by atoms with E-state index in [1.807, 2.05) is 6.07 Å². The zero-order chi connectivity index (χ0) is 12.1.